The molecule has 0 aliphatic rings. The second-order valence-electron chi connectivity index (χ2n) is 5.22. The van der Waals surface area contributed by atoms with E-state index < -0.39 is 0 Å². The minimum atomic E-state index is -0.359. The normalized spacial score (nSPS) is 12.1. The third-order valence-electron chi connectivity index (χ3n) is 3.37. The van der Waals surface area contributed by atoms with Crippen molar-refractivity contribution in [2.75, 3.05) is 0 Å². The average Bonchev–Trinajstić information content (AvgIpc) is 3.17. The molecule has 2 N–H and O–H groups in total. The Labute approximate surface area is 136 Å². The van der Waals surface area contributed by atoms with Crippen LogP contribution in [0.25, 0.3) is 11.3 Å². The predicted molar refractivity (Wildman–Crippen MR) is 86.7 cm³/mol. The molecule has 3 aromatic rings. The van der Waals surface area contributed by atoms with Gasteiger partial charge in [0.2, 0.25) is 0 Å². The molecule has 0 bridgehead atoms. The van der Waals surface area contributed by atoms with Crippen molar-refractivity contribution in [1.82, 2.24) is 20.5 Å². The maximum Gasteiger partial charge on any atom is 0.255 e. The van der Waals surface area contributed by atoms with E-state index in [1.54, 1.807) is 35.2 Å². The summed E-state index contributed by atoms with van der Waals surface area (Å²) in [5.41, 5.74) is 3.25. The standard InChI is InChI=1S/C16H15FN4OS/c1-10(5-13-7-18-9-23-13)20-16(22)14-8-19-21-15(14)11-3-2-4-12(17)6-11/h2-4,6-10H,5H2,1H3,(H,19,21)(H,20,22). The number of nitrogens with zero attached hydrogens (tertiary/aromatic N) is 2. The van der Waals surface area contributed by atoms with Crippen molar-refractivity contribution in [3.63, 3.8) is 0 Å². The van der Waals surface area contributed by atoms with Gasteiger partial charge in [-0.15, -0.1) is 11.3 Å². The third kappa shape index (κ3) is 3.62. The molecule has 0 saturated heterocycles. The number of hydrogen-bond acceptors (Lipinski definition) is 4. The molecular weight excluding hydrogens is 315 g/mol. The van der Waals surface area contributed by atoms with E-state index in [-0.39, 0.29) is 17.8 Å². The number of aromatic nitrogens is 3. The van der Waals surface area contributed by atoms with Gasteiger partial charge in [0.1, 0.15) is 5.82 Å². The average molecular weight is 330 g/mol. The fraction of sp³-hybridized carbons (Fsp3) is 0.188. The molecule has 118 valence electrons. The SMILES string of the molecule is CC(Cc1cncs1)NC(=O)c1cn[nH]c1-c1cccc(F)c1. The summed E-state index contributed by atoms with van der Waals surface area (Å²) in [6.45, 7) is 1.93. The highest BCUT2D eigenvalue weighted by molar-refractivity contribution is 7.09. The van der Waals surface area contributed by atoms with Gasteiger partial charge in [-0.3, -0.25) is 14.9 Å². The second-order valence-corrected chi connectivity index (χ2v) is 6.19. The summed E-state index contributed by atoms with van der Waals surface area (Å²) in [5.74, 6) is -0.600. The molecular formula is C16H15FN4OS. The van der Waals surface area contributed by atoms with Crippen LogP contribution in [0.5, 0.6) is 0 Å². The first-order valence-corrected chi connectivity index (χ1v) is 7.99. The van der Waals surface area contributed by atoms with Crippen molar-refractivity contribution >= 4 is 17.2 Å². The van der Waals surface area contributed by atoms with Crippen LogP contribution in [-0.4, -0.2) is 27.1 Å². The molecule has 0 radical (unpaired) electrons. The lowest BCUT2D eigenvalue weighted by Gasteiger charge is -2.12. The molecule has 0 aliphatic heterocycles. The van der Waals surface area contributed by atoms with E-state index in [4.69, 9.17) is 0 Å². The lowest BCUT2D eigenvalue weighted by atomic mass is 10.1. The van der Waals surface area contributed by atoms with Gasteiger partial charge in [0.25, 0.3) is 5.91 Å². The van der Waals surface area contributed by atoms with Crippen LogP contribution < -0.4 is 5.32 Å². The summed E-state index contributed by atoms with van der Waals surface area (Å²) >= 11 is 1.55. The molecule has 23 heavy (non-hydrogen) atoms. The zero-order valence-electron chi connectivity index (χ0n) is 12.4. The van der Waals surface area contributed by atoms with Crippen molar-refractivity contribution in [1.29, 1.82) is 0 Å². The summed E-state index contributed by atoms with van der Waals surface area (Å²) in [5, 5.41) is 9.61. The number of halogens is 1. The van der Waals surface area contributed by atoms with Crippen molar-refractivity contribution in [3.05, 3.63) is 58.4 Å². The summed E-state index contributed by atoms with van der Waals surface area (Å²) in [4.78, 5) is 17.6. The van der Waals surface area contributed by atoms with E-state index in [2.05, 4.69) is 20.5 Å². The molecule has 0 fully saturated rings. The van der Waals surface area contributed by atoms with Gasteiger partial charge >= 0.3 is 0 Å². The van der Waals surface area contributed by atoms with Crippen LogP contribution in [0, 0.1) is 5.82 Å². The van der Waals surface area contributed by atoms with Gasteiger partial charge in [-0.1, -0.05) is 12.1 Å². The van der Waals surface area contributed by atoms with Crippen LogP contribution >= 0.6 is 11.3 Å². The van der Waals surface area contributed by atoms with Gasteiger partial charge in [0, 0.05) is 29.1 Å². The minimum Gasteiger partial charge on any atom is -0.349 e. The monoisotopic (exact) mass is 330 g/mol. The molecule has 0 saturated carbocycles. The van der Waals surface area contributed by atoms with Crippen LogP contribution in [0.1, 0.15) is 22.2 Å². The number of thiazole rings is 1. The van der Waals surface area contributed by atoms with Crippen molar-refractivity contribution in [2.24, 2.45) is 0 Å². The van der Waals surface area contributed by atoms with Crippen LogP contribution in [0.4, 0.5) is 4.39 Å². The highest BCUT2D eigenvalue weighted by Gasteiger charge is 2.17. The van der Waals surface area contributed by atoms with Gasteiger partial charge in [-0.25, -0.2) is 4.39 Å². The maximum atomic E-state index is 13.4. The highest BCUT2D eigenvalue weighted by atomic mass is 32.1. The van der Waals surface area contributed by atoms with Gasteiger partial charge in [-0.2, -0.15) is 5.10 Å². The Hall–Kier alpha value is -2.54. The fourth-order valence-electron chi connectivity index (χ4n) is 2.32. The Morgan fingerprint density at radius 3 is 3.04 bits per heavy atom. The number of benzene rings is 1. The molecule has 0 spiro atoms. The number of rotatable bonds is 5. The number of hydrogen-bond donors (Lipinski definition) is 2. The van der Waals surface area contributed by atoms with Gasteiger partial charge in [0.05, 0.1) is 23.0 Å². The summed E-state index contributed by atoms with van der Waals surface area (Å²) in [6, 6.07) is 6.01. The lowest BCUT2D eigenvalue weighted by molar-refractivity contribution is 0.0941. The number of amides is 1. The first-order chi connectivity index (χ1) is 11.1. The van der Waals surface area contributed by atoms with Crippen molar-refractivity contribution in [3.8, 4) is 11.3 Å². The Bertz CT molecular complexity index is 800. The number of aromatic amines is 1. The van der Waals surface area contributed by atoms with E-state index in [1.165, 1.54) is 18.3 Å². The second kappa shape index (κ2) is 6.70. The lowest BCUT2D eigenvalue weighted by Crippen LogP contribution is -2.34. The van der Waals surface area contributed by atoms with E-state index in [1.807, 2.05) is 6.92 Å². The van der Waals surface area contributed by atoms with Gasteiger partial charge in [0.15, 0.2) is 0 Å². The number of H-pyrrole nitrogens is 1. The molecule has 3 rings (SSSR count). The highest BCUT2D eigenvalue weighted by Crippen LogP contribution is 2.22. The molecule has 2 heterocycles. The summed E-state index contributed by atoms with van der Waals surface area (Å²) < 4.78 is 13.4. The Morgan fingerprint density at radius 2 is 2.30 bits per heavy atom. The van der Waals surface area contributed by atoms with Crippen LogP contribution in [0.2, 0.25) is 0 Å². The first kappa shape index (κ1) is 15.4. The Kier molecular flexibility index (Phi) is 4.47. The summed E-state index contributed by atoms with van der Waals surface area (Å²) in [6.07, 6.45) is 3.96. The molecule has 2 aromatic heterocycles. The van der Waals surface area contributed by atoms with E-state index >= 15 is 0 Å². The minimum absolute atomic E-state index is 0.0433. The van der Waals surface area contributed by atoms with Crippen molar-refractivity contribution in [2.45, 2.75) is 19.4 Å². The zero-order chi connectivity index (χ0) is 16.2. The first-order valence-electron chi connectivity index (χ1n) is 7.11. The number of carbonyl (C=O) groups excluding carboxylic acids is 1. The smallest absolute Gasteiger partial charge is 0.255 e. The van der Waals surface area contributed by atoms with Crippen LogP contribution in [0.15, 0.2) is 42.2 Å². The molecule has 0 aliphatic carbocycles. The predicted octanol–water partition coefficient (Wildman–Crippen LogP) is 3.03. The maximum absolute atomic E-state index is 13.4. The van der Waals surface area contributed by atoms with Crippen molar-refractivity contribution < 1.29 is 9.18 Å². The van der Waals surface area contributed by atoms with E-state index in [0.717, 1.165) is 4.88 Å². The van der Waals surface area contributed by atoms with Gasteiger partial charge < -0.3 is 5.32 Å². The number of nitrogens with one attached hydrogen (secondary N) is 2. The molecule has 1 amide bonds. The molecule has 7 heteroatoms. The summed E-state index contributed by atoms with van der Waals surface area (Å²) in [7, 11) is 0. The van der Waals surface area contributed by atoms with Crippen LogP contribution in [-0.2, 0) is 6.42 Å². The van der Waals surface area contributed by atoms with Crippen LogP contribution in [0.3, 0.4) is 0 Å². The van der Waals surface area contributed by atoms with E-state index in [0.29, 0.717) is 23.2 Å². The third-order valence-corrected chi connectivity index (χ3v) is 4.17. The Balaban J connectivity index is 1.74. The topological polar surface area (TPSA) is 70.7 Å². The Morgan fingerprint density at radius 1 is 1.43 bits per heavy atom. The molecule has 1 aromatic carbocycles. The molecule has 5 nitrogen and oxygen atoms in total. The number of carbonyl (C=O) groups is 1. The fourth-order valence-corrected chi connectivity index (χ4v) is 3.04. The molecule has 1 atom stereocenters. The van der Waals surface area contributed by atoms with E-state index in [9.17, 15) is 9.18 Å². The van der Waals surface area contributed by atoms with Gasteiger partial charge in [-0.05, 0) is 19.1 Å². The largest absolute Gasteiger partial charge is 0.349 e. The molecule has 1 unspecified atom stereocenters. The zero-order valence-corrected chi connectivity index (χ0v) is 13.2. The quantitative estimate of drug-likeness (QED) is 0.755.